The Morgan fingerprint density at radius 1 is 0.947 bits per heavy atom. The van der Waals surface area contributed by atoms with E-state index >= 15 is 0 Å². The van der Waals surface area contributed by atoms with Gasteiger partial charge in [-0.25, -0.2) is 0 Å². The molecule has 19 heavy (non-hydrogen) atoms. The average Bonchev–Trinajstić information content (AvgIpc) is 2.50. The van der Waals surface area contributed by atoms with Gasteiger partial charge in [0.05, 0.1) is 0 Å². The molecular formula is C17H19NS. The van der Waals surface area contributed by atoms with Crippen molar-refractivity contribution in [1.82, 2.24) is 5.32 Å². The minimum atomic E-state index is 0.531. The first-order valence-corrected chi connectivity index (χ1v) is 7.92. The quantitative estimate of drug-likeness (QED) is 0.912. The van der Waals surface area contributed by atoms with E-state index in [-0.39, 0.29) is 0 Å². The molecule has 0 aliphatic carbocycles. The van der Waals surface area contributed by atoms with Crippen molar-refractivity contribution in [3.63, 3.8) is 0 Å². The van der Waals surface area contributed by atoms with Gasteiger partial charge in [-0.1, -0.05) is 60.7 Å². The molecule has 0 amide bonds. The summed E-state index contributed by atoms with van der Waals surface area (Å²) < 4.78 is 0. The van der Waals surface area contributed by atoms with Gasteiger partial charge in [0.15, 0.2) is 0 Å². The van der Waals surface area contributed by atoms with Crippen LogP contribution in [-0.4, -0.2) is 18.3 Å². The van der Waals surface area contributed by atoms with E-state index in [2.05, 4.69) is 77.7 Å². The first-order valence-electron chi connectivity index (χ1n) is 6.87. The highest BCUT2D eigenvalue weighted by atomic mass is 32.2. The van der Waals surface area contributed by atoms with Crippen molar-refractivity contribution in [2.45, 2.75) is 17.7 Å². The molecule has 2 atom stereocenters. The maximum absolute atomic E-state index is 3.70. The van der Waals surface area contributed by atoms with Gasteiger partial charge < -0.3 is 5.32 Å². The number of rotatable bonds is 3. The smallest absolute Gasteiger partial charge is 0.0454 e. The van der Waals surface area contributed by atoms with Crippen molar-refractivity contribution in [2.75, 3.05) is 12.3 Å². The molecular weight excluding hydrogens is 250 g/mol. The predicted molar refractivity (Wildman–Crippen MR) is 83.6 cm³/mol. The molecule has 0 aromatic heterocycles. The van der Waals surface area contributed by atoms with Crippen molar-refractivity contribution in [3.8, 4) is 0 Å². The van der Waals surface area contributed by atoms with Crippen LogP contribution in [0.3, 0.4) is 0 Å². The minimum Gasteiger partial charge on any atom is -0.311 e. The Kier molecular flexibility index (Phi) is 4.21. The normalized spacial score (nSPS) is 23.2. The first kappa shape index (κ1) is 12.8. The van der Waals surface area contributed by atoms with Crippen LogP contribution in [0.15, 0.2) is 60.7 Å². The largest absolute Gasteiger partial charge is 0.311 e. The summed E-state index contributed by atoms with van der Waals surface area (Å²) in [5, 5.41) is 4.26. The topological polar surface area (TPSA) is 12.0 Å². The van der Waals surface area contributed by atoms with Crippen LogP contribution >= 0.6 is 11.8 Å². The maximum Gasteiger partial charge on any atom is 0.0454 e. The number of thioether (sulfide) groups is 1. The summed E-state index contributed by atoms with van der Waals surface area (Å²) in [5.41, 5.74) is 2.86. The highest BCUT2D eigenvalue weighted by Gasteiger charge is 2.26. The molecule has 1 aliphatic heterocycles. The summed E-state index contributed by atoms with van der Waals surface area (Å²) in [7, 11) is 0. The van der Waals surface area contributed by atoms with Crippen LogP contribution < -0.4 is 5.32 Å². The van der Waals surface area contributed by atoms with Crippen molar-refractivity contribution in [3.05, 3.63) is 71.8 Å². The monoisotopic (exact) mass is 269 g/mol. The highest BCUT2D eigenvalue weighted by Crippen LogP contribution is 2.35. The fraction of sp³-hybridized carbons (Fsp3) is 0.294. The van der Waals surface area contributed by atoms with E-state index in [0.717, 1.165) is 13.0 Å². The molecule has 1 heterocycles. The van der Waals surface area contributed by atoms with E-state index in [4.69, 9.17) is 0 Å². The van der Waals surface area contributed by atoms with E-state index in [0.29, 0.717) is 11.3 Å². The van der Waals surface area contributed by atoms with Gasteiger partial charge in [0.25, 0.3) is 0 Å². The Hall–Kier alpha value is -1.25. The van der Waals surface area contributed by atoms with Gasteiger partial charge in [-0.2, -0.15) is 11.8 Å². The lowest BCUT2D eigenvalue weighted by molar-refractivity contribution is 0.501. The Morgan fingerprint density at radius 3 is 2.37 bits per heavy atom. The van der Waals surface area contributed by atoms with Gasteiger partial charge in [0.2, 0.25) is 0 Å². The van der Waals surface area contributed by atoms with Gasteiger partial charge in [-0.15, -0.1) is 0 Å². The molecule has 2 heteroatoms. The standard InChI is InChI=1S/C17H19NS/c1-3-7-14(8-4-1)13-16-17(19-12-11-18-16)15-9-5-2-6-10-15/h1-10,16-18H,11-13H2. The molecule has 2 unspecified atom stereocenters. The lowest BCUT2D eigenvalue weighted by Crippen LogP contribution is -2.41. The van der Waals surface area contributed by atoms with Crippen molar-refractivity contribution >= 4 is 11.8 Å². The van der Waals surface area contributed by atoms with Crippen molar-refractivity contribution in [2.24, 2.45) is 0 Å². The molecule has 1 nitrogen and oxygen atoms in total. The zero-order chi connectivity index (χ0) is 12.9. The van der Waals surface area contributed by atoms with Crippen LogP contribution in [0.1, 0.15) is 16.4 Å². The third kappa shape index (κ3) is 3.20. The van der Waals surface area contributed by atoms with Crippen LogP contribution in [0.2, 0.25) is 0 Å². The SMILES string of the molecule is c1ccc(CC2NCCSC2c2ccccc2)cc1. The molecule has 1 fully saturated rings. The molecule has 0 spiro atoms. The summed E-state index contributed by atoms with van der Waals surface area (Å²) >= 11 is 2.08. The predicted octanol–water partition coefficient (Wildman–Crippen LogP) is 3.68. The second-order valence-electron chi connectivity index (χ2n) is 4.95. The number of hydrogen-bond acceptors (Lipinski definition) is 2. The zero-order valence-electron chi connectivity index (χ0n) is 11.0. The third-order valence-electron chi connectivity index (χ3n) is 3.60. The molecule has 1 saturated heterocycles. The van der Waals surface area contributed by atoms with E-state index in [1.54, 1.807) is 0 Å². The molecule has 2 aromatic carbocycles. The van der Waals surface area contributed by atoms with Crippen LogP contribution in [-0.2, 0) is 6.42 Å². The second kappa shape index (κ2) is 6.27. The Bertz CT molecular complexity index is 497. The zero-order valence-corrected chi connectivity index (χ0v) is 11.8. The average molecular weight is 269 g/mol. The second-order valence-corrected chi connectivity index (χ2v) is 6.20. The van der Waals surface area contributed by atoms with Gasteiger partial charge in [-0.05, 0) is 17.5 Å². The fourth-order valence-electron chi connectivity index (χ4n) is 2.67. The van der Waals surface area contributed by atoms with Gasteiger partial charge in [0.1, 0.15) is 0 Å². The van der Waals surface area contributed by atoms with Crippen LogP contribution in [0.25, 0.3) is 0 Å². The summed E-state index contributed by atoms with van der Waals surface area (Å²) in [6.45, 7) is 1.12. The molecule has 1 N–H and O–H groups in total. The molecule has 2 aromatic rings. The fourth-order valence-corrected chi connectivity index (χ4v) is 3.94. The molecule has 3 rings (SSSR count). The Labute approximate surface area is 119 Å². The maximum atomic E-state index is 3.70. The van der Waals surface area contributed by atoms with E-state index < -0.39 is 0 Å². The number of hydrogen-bond donors (Lipinski definition) is 1. The van der Waals surface area contributed by atoms with E-state index in [1.165, 1.54) is 16.9 Å². The molecule has 0 saturated carbocycles. The van der Waals surface area contributed by atoms with Crippen LogP contribution in [0.5, 0.6) is 0 Å². The molecule has 1 aliphatic rings. The summed E-state index contributed by atoms with van der Waals surface area (Å²) in [6.07, 6.45) is 1.10. The van der Waals surface area contributed by atoms with E-state index in [9.17, 15) is 0 Å². The number of benzene rings is 2. The van der Waals surface area contributed by atoms with Crippen molar-refractivity contribution < 1.29 is 0 Å². The molecule has 0 bridgehead atoms. The third-order valence-corrected chi connectivity index (χ3v) is 5.00. The van der Waals surface area contributed by atoms with Gasteiger partial charge >= 0.3 is 0 Å². The summed E-state index contributed by atoms with van der Waals surface area (Å²) in [6, 6.07) is 22.2. The van der Waals surface area contributed by atoms with E-state index in [1.807, 2.05) is 0 Å². The summed E-state index contributed by atoms with van der Waals surface area (Å²) in [4.78, 5) is 0. The van der Waals surface area contributed by atoms with Crippen LogP contribution in [0, 0.1) is 0 Å². The van der Waals surface area contributed by atoms with Crippen LogP contribution in [0.4, 0.5) is 0 Å². The van der Waals surface area contributed by atoms with Crippen molar-refractivity contribution in [1.29, 1.82) is 0 Å². The molecule has 0 radical (unpaired) electrons. The molecule has 98 valence electrons. The minimum absolute atomic E-state index is 0.531. The summed E-state index contributed by atoms with van der Waals surface area (Å²) in [5.74, 6) is 1.20. The number of nitrogens with one attached hydrogen (secondary N) is 1. The Balaban J connectivity index is 1.78. The first-order chi connectivity index (χ1) is 9.43. The van der Waals surface area contributed by atoms with Gasteiger partial charge in [-0.3, -0.25) is 0 Å². The lowest BCUT2D eigenvalue weighted by Gasteiger charge is -2.32. The highest BCUT2D eigenvalue weighted by molar-refractivity contribution is 7.99. The lowest BCUT2D eigenvalue weighted by atomic mass is 9.98. The Morgan fingerprint density at radius 2 is 1.63 bits per heavy atom. The van der Waals surface area contributed by atoms with Gasteiger partial charge in [0, 0.05) is 23.6 Å².